The Labute approximate surface area is 137 Å². The molecule has 122 valence electrons. The molecule has 0 aromatic heterocycles. The van der Waals surface area contributed by atoms with Crippen molar-refractivity contribution in [3.8, 4) is 5.75 Å². The molecule has 0 bridgehead atoms. The van der Waals surface area contributed by atoms with Crippen LogP contribution >= 0.6 is 0 Å². The summed E-state index contributed by atoms with van der Waals surface area (Å²) in [6, 6.07) is 15.3. The van der Waals surface area contributed by atoms with Crippen LogP contribution in [0.1, 0.15) is 34.5 Å². The van der Waals surface area contributed by atoms with Gasteiger partial charge in [0.25, 0.3) is 5.91 Å². The third-order valence-corrected chi connectivity index (χ3v) is 3.82. The molecule has 0 aliphatic rings. The molecule has 0 aliphatic carbocycles. The molecule has 23 heavy (non-hydrogen) atoms. The zero-order valence-corrected chi connectivity index (χ0v) is 13.8. The first-order valence-corrected chi connectivity index (χ1v) is 7.71. The number of rotatable bonds is 7. The van der Waals surface area contributed by atoms with Gasteiger partial charge in [0.1, 0.15) is 5.75 Å². The van der Waals surface area contributed by atoms with Gasteiger partial charge in [-0.2, -0.15) is 0 Å². The molecule has 0 aliphatic heterocycles. The van der Waals surface area contributed by atoms with Crippen LogP contribution in [0.5, 0.6) is 5.75 Å². The lowest BCUT2D eigenvalue weighted by molar-refractivity contribution is 0.0827. The molecule has 0 radical (unpaired) electrons. The van der Waals surface area contributed by atoms with Gasteiger partial charge in [0.05, 0.1) is 13.2 Å². The van der Waals surface area contributed by atoms with E-state index in [9.17, 15) is 4.79 Å². The molecule has 0 heterocycles. The van der Waals surface area contributed by atoms with E-state index in [1.165, 1.54) is 5.56 Å². The Morgan fingerprint density at radius 1 is 1.13 bits per heavy atom. The highest BCUT2D eigenvalue weighted by Gasteiger charge is 2.13. The van der Waals surface area contributed by atoms with Gasteiger partial charge in [0.15, 0.2) is 0 Å². The van der Waals surface area contributed by atoms with Gasteiger partial charge in [0.2, 0.25) is 0 Å². The Hall–Kier alpha value is -2.33. The lowest BCUT2D eigenvalue weighted by Crippen LogP contribution is -2.29. The number of methoxy groups -OCH3 is 2. The summed E-state index contributed by atoms with van der Waals surface area (Å²) in [4.78, 5) is 12.2. The van der Waals surface area contributed by atoms with Crippen LogP contribution in [-0.2, 0) is 11.2 Å². The Bertz CT molecular complexity index is 637. The van der Waals surface area contributed by atoms with Crippen molar-refractivity contribution in [3.05, 3.63) is 65.2 Å². The predicted molar refractivity (Wildman–Crippen MR) is 90.9 cm³/mol. The molecule has 0 saturated heterocycles. The maximum absolute atomic E-state index is 12.2. The van der Waals surface area contributed by atoms with Crippen LogP contribution in [0.25, 0.3) is 0 Å². The zero-order chi connectivity index (χ0) is 16.7. The second-order valence-electron chi connectivity index (χ2n) is 5.26. The Balaban J connectivity index is 2.00. The number of benzene rings is 2. The van der Waals surface area contributed by atoms with E-state index in [2.05, 4.69) is 12.2 Å². The summed E-state index contributed by atoms with van der Waals surface area (Å²) in [6.07, 6.45) is 0.743. The van der Waals surface area contributed by atoms with Crippen molar-refractivity contribution in [2.24, 2.45) is 0 Å². The molecular formula is C19H23NO3. The number of carbonyl (C=O) groups is 1. The molecular weight excluding hydrogens is 290 g/mol. The molecule has 2 aromatic carbocycles. The number of nitrogens with one attached hydrogen (secondary N) is 1. The van der Waals surface area contributed by atoms with E-state index in [0.717, 1.165) is 17.7 Å². The summed E-state index contributed by atoms with van der Waals surface area (Å²) in [5.74, 6) is 0.670. The van der Waals surface area contributed by atoms with E-state index < -0.39 is 0 Å². The van der Waals surface area contributed by atoms with Crippen LogP contribution in [0, 0.1) is 0 Å². The number of aryl methyl sites for hydroxylation is 1. The van der Waals surface area contributed by atoms with Crippen LogP contribution in [0.2, 0.25) is 0 Å². The van der Waals surface area contributed by atoms with E-state index in [1.807, 2.05) is 48.5 Å². The standard InChI is InChI=1S/C19H23NO3/c1-4-14-8-10-15(11-9-14)19(21)20-13-18(23-3)16-6-5-7-17(12-16)22-2/h5-12,18H,4,13H2,1-3H3,(H,20,21). The summed E-state index contributed by atoms with van der Waals surface area (Å²) in [5, 5.41) is 2.92. The molecule has 1 amide bonds. The van der Waals surface area contributed by atoms with Gasteiger partial charge in [-0.3, -0.25) is 4.79 Å². The summed E-state index contributed by atoms with van der Waals surface area (Å²) in [5.41, 5.74) is 2.84. The highest BCUT2D eigenvalue weighted by molar-refractivity contribution is 5.94. The lowest BCUT2D eigenvalue weighted by atomic mass is 10.1. The summed E-state index contributed by atoms with van der Waals surface area (Å²) in [6.45, 7) is 2.49. The minimum atomic E-state index is -0.219. The van der Waals surface area contributed by atoms with Gasteiger partial charge >= 0.3 is 0 Å². The smallest absolute Gasteiger partial charge is 0.251 e. The minimum Gasteiger partial charge on any atom is -0.497 e. The summed E-state index contributed by atoms with van der Waals surface area (Å²) in [7, 11) is 3.26. The largest absolute Gasteiger partial charge is 0.497 e. The predicted octanol–water partition coefficient (Wildman–Crippen LogP) is 3.38. The van der Waals surface area contributed by atoms with E-state index in [0.29, 0.717) is 12.1 Å². The number of hydrogen-bond donors (Lipinski definition) is 1. The molecule has 2 rings (SSSR count). The van der Waals surface area contributed by atoms with E-state index >= 15 is 0 Å². The fraction of sp³-hybridized carbons (Fsp3) is 0.316. The molecule has 4 heteroatoms. The molecule has 0 spiro atoms. The van der Waals surface area contributed by atoms with Gasteiger partial charge in [-0.25, -0.2) is 0 Å². The number of carbonyl (C=O) groups excluding carboxylic acids is 1. The van der Waals surface area contributed by atoms with E-state index in [-0.39, 0.29) is 12.0 Å². The van der Waals surface area contributed by atoms with Crippen molar-refractivity contribution in [2.45, 2.75) is 19.4 Å². The molecule has 1 unspecified atom stereocenters. The van der Waals surface area contributed by atoms with Crippen molar-refractivity contribution in [1.82, 2.24) is 5.32 Å². The number of ether oxygens (including phenoxy) is 2. The van der Waals surface area contributed by atoms with Crippen molar-refractivity contribution < 1.29 is 14.3 Å². The Morgan fingerprint density at radius 3 is 2.48 bits per heavy atom. The van der Waals surface area contributed by atoms with Gasteiger partial charge in [-0.1, -0.05) is 31.2 Å². The third kappa shape index (κ3) is 4.57. The second kappa shape index (κ2) is 8.34. The normalized spacial score (nSPS) is 11.8. The van der Waals surface area contributed by atoms with Crippen molar-refractivity contribution in [2.75, 3.05) is 20.8 Å². The van der Waals surface area contributed by atoms with Crippen molar-refractivity contribution in [1.29, 1.82) is 0 Å². The molecule has 1 atom stereocenters. The van der Waals surface area contributed by atoms with Crippen LogP contribution in [-0.4, -0.2) is 26.7 Å². The first-order valence-electron chi connectivity index (χ1n) is 7.71. The van der Waals surface area contributed by atoms with Crippen LogP contribution < -0.4 is 10.1 Å². The highest BCUT2D eigenvalue weighted by atomic mass is 16.5. The first-order chi connectivity index (χ1) is 11.2. The zero-order valence-electron chi connectivity index (χ0n) is 13.8. The lowest BCUT2D eigenvalue weighted by Gasteiger charge is -2.17. The second-order valence-corrected chi connectivity index (χ2v) is 5.26. The average Bonchev–Trinajstić information content (AvgIpc) is 2.62. The fourth-order valence-corrected chi connectivity index (χ4v) is 2.36. The van der Waals surface area contributed by atoms with Crippen molar-refractivity contribution in [3.63, 3.8) is 0 Å². The minimum absolute atomic E-state index is 0.0994. The summed E-state index contributed by atoms with van der Waals surface area (Å²) >= 11 is 0. The molecule has 2 aromatic rings. The maximum atomic E-state index is 12.2. The van der Waals surface area contributed by atoms with Gasteiger partial charge in [0, 0.05) is 19.2 Å². The molecule has 1 N–H and O–H groups in total. The quantitative estimate of drug-likeness (QED) is 0.852. The number of hydrogen-bond acceptors (Lipinski definition) is 3. The van der Waals surface area contributed by atoms with Crippen molar-refractivity contribution >= 4 is 5.91 Å². The third-order valence-electron chi connectivity index (χ3n) is 3.82. The van der Waals surface area contributed by atoms with Gasteiger partial charge < -0.3 is 14.8 Å². The Kier molecular flexibility index (Phi) is 6.18. The molecule has 0 saturated carbocycles. The molecule has 4 nitrogen and oxygen atoms in total. The van der Waals surface area contributed by atoms with Crippen LogP contribution in [0.4, 0.5) is 0 Å². The first kappa shape index (κ1) is 17.0. The Morgan fingerprint density at radius 2 is 1.87 bits per heavy atom. The highest BCUT2D eigenvalue weighted by Crippen LogP contribution is 2.21. The fourth-order valence-electron chi connectivity index (χ4n) is 2.36. The van der Waals surface area contributed by atoms with Gasteiger partial charge in [-0.05, 0) is 41.8 Å². The van der Waals surface area contributed by atoms with Gasteiger partial charge in [-0.15, -0.1) is 0 Å². The maximum Gasteiger partial charge on any atom is 0.251 e. The van der Waals surface area contributed by atoms with Crippen LogP contribution in [0.15, 0.2) is 48.5 Å². The van der Waals surface area contributed by atoms with Crippen LogP contribution in [0.3, 0.4) is 0 Å². The molecule has 0 fully saturated rings. The topological polar surface area (TPSA) is 47.6 Å². The van der Waals surface area contributed by atoms with E-state index in [4.69, 9.17) is 9.47 Å². The van der Waals surface area contributed by atoms with E-state index in [1.54, 1.807) is 14.2 Å². The number of amides is 1. The summed E-state index contributed by atoms with van der Waals surface area (Å²) < 4.78 is 10.7. The SMILES string of the molecule is CCc1ccc(C(=O)NCC(OC)c2cccc(OC)c2)cc1. The monoisotopic (exact) mass is 313 g/mol. The average molecular weight is 313 g/mol.